The molecule has 148 valence electrons. The number of benzene rings is 1. The van der Waals surface area contributed by atoms with Gasteiger partial charge in [-0.2, -0.15) is 0 Å². The van der Waals surface area contributed by atoms with Crippen LogP contribution in [0.5, 0.6) is 0 Å². The van der Waals surface area contributed by atoms with Crippen LogP contribution < -0.4 is 5.32 Å². The van der Waals surface area contributed by atoms with Crippen LogP contribution in [0.4, 0.5) is 11.6 Å². The van der Waals surface area contributed by atoms with Gasteiger partial charge in [0.15, 0.2) is 5.79 Å². The maximum absolute atomic E-state index is 12.8. The summed E-state index contributed by atoms with van der Waals surface area (Å²) in [5.74, 6) is -0.0403. The SMILES string of the molecule is CCc1cccc(C)c1Nc1ncc(C(=O)N2CCC3(CC2)OCCO3)cn1. The third-order valence-corrected chi connectivity index (χ3v) is 5.50. The van der Waals surface area contributed by atoms with Crippen LogP contribution in [-0.4, -0.2) is 52.9 Å². The zero-order chi connectivity index (χ0) is 19.6. The van der Waals surface area contributed by atoms with E-state index in [9.17, 15) is 4.79 Å². The number of carbonyl (C=O) groups is 1. The maximum Gasteiger partial charge on any atom is 0.256 e. The van der Waals surface area contributed by atoms with Gasteiger partial charge in [0, 0.05) is 44.0 Å². The molecule has 0 bridgehead atoms. The molecule has 1 aromatic carbocycles. The number of likely N-dealkylation sites (tertiary alicyclic amines) is 1. The van der Waals surface area contributed by atoms with Crippen molar-refractivity contribution >= 4 is 17.5 Å². The molecule has 3 heterocycles. The van der Waals surface area contributed by atoms with Crippen molar-refractivity contribution in [3.05, 3.63) is 47.3 Å². The highest BCUT2D eigenvalue weighted by molar-refractivity contribution is 5.93. The third-order valence-electron chi connectivity index (χ3n) is 5.50. The number of carbonyl (C=O) groups excluding carboxylic acids is 1. The monoisotopic (exact) mass is 382 g/mol. The summed E-state index contributed by atoms with van der Waals surface area (Å²) >= 11 is 0. The lowest BCUT2D eigenvalue weighted by atomic mass is 10.0. The molecule has 1 spiro atoms. The Kier molecular flexibility index (Phi) is 5.28. The molecule has 0 aliphatic carbocycles. The summed E-state index contributed by atoms with van der Waals surface area (Å²) in [4.78, 5) is 23.3. The molecule has 2 fully saturated rings. The summed E-state index contributed by atoms with van der Waals surface area (Å²) in [5.41, 5.74) is 3.88. The minimum Gasteiger partial charge on any atom is -0.347 e. The topological polar surface area (TPSA) is 76.6 Å². The lowest BCUT2D eigenvalue weighted by Crippen LogP contribution is -2.47. The molecule has 7 heteroatoms. The first kappa shape index (κ1) is 18.8. The Balaban J connectivity index is 1.41. The number of nitrogens with one attached hydrogen (secondary N) is 1. The molecule has 0 saturated carbocycles. The molecule has 28 heavy (non-hydrogen) atoms. The number of para-hydroxylation sites is 1. The zero-order valence-electron chi connectivity index (χ0n) is 16.4. The van der Waals surface area contributed by atoms with Gasteiger partial charge in [-0.05, 0) is 24.5 Å². The normalized spacial score (nSPS) is 18.4. The third kappa shape index (κ3) is 3.72. The average molecular weight is 382 g/mol. The Hall–Kier alpha value is -2.51. The number of hydrogen-bond donors (Lipinski definition) is 1. The first-order valence-electron chi connectivity index (χ1n) is 9.85. The van der Waals surface area contributed by atoms with Crippen molar-refractivity contribution in [2.75, 3.05) is 31.6 Å². The second kappa shape index (κ2) is 7.85. The number of aryl methyl sites for hydroxylation is 2. The van der Waals surface area contributed by atoms with E-state index in [0.29, 0.717) is 50.7 Å². The highest BCUT2D eigenvalue weighted by atomic mass is 16.7. The van der Waals surface area contributed by atoms with Gasteiger partial charge in [-0.25, -0.2) is 9.97 Å². The van der Waals surface area contributed by atoms with Gasteiger partial charge in [0.05, 0.1) is 18.8 Å². The van der Waals surface area contributed by atoms with E-state index in [1.54, 1.807) is 12.4 Å². The second-order valence-electron chi connectivity index (χ2n) is 7.28. The molecular weight excluding hydrogens is 356 g/mol. The van der Waals surface area contributed by atoms with Crippen molar-refractivity contribution < 1.29 is 14.3 Å². The molecule has 1 amide bonds. The van der Waals surface area contributed by atoms with E-state index in [0.717, 1.165) is 17.7 Å². The summed E-state index contributed by atoms with van der Waals surface area (Å²) in [5, 5.41) is 3.29. The molecule has 2 saturated heterocycles. The van der Waals surface area contributed by atoms with Crippen LogP contribution in [0.15, 0.2) is 30.6 Å². The molecule has 7 nitrogen and oxygen atoms in total. The number of hydrogen-bond acceptors (Lipinski definition) is 6. The van der Waals surface area contributed by atoms with Gasteiger partial charge in [-0.3, -0.25) is 4.79 Å². The molecule has 1 N–H and O–H groups in total. The summed E-state index contributed by atoms with van der Waals surface area (Å²) in [6.45, 7) is 6.67. The predicted octanol–water partition coefficient (Wildman–Crippen LogP) is 3.07. The summed E-state index contributed by atoms with van der Waals surface area (Å²) in [6.07, 6.45) is 5.51. The van der Waals surface area contributed by atoms with Crippen molar-refractivity contribution in [1.29, 1.82) is 0 Å². The Morgan fingerprint density at radius 2 is 1.86 bits per heavy atom. The molecule has 0 radical (unpaired) electrons. The number of piperidine rings is 1. The van der Waals surface area contributed by atoms with Crippen LogP contribution in [0.1, 0.15) is 41.3 Å². The average Bonchev–Trinajstić information content (AvgIpc) is 3.18. The fraction of sp³-hybridized carbons (Fsp3) is 0.476. The first-order valence-corrected chi connectivity index (χ1v) is 9.85. The summed E-state index contributed by atoms with van der Waals surface area (Å²) in [6, 6.07) is 6.20. The highest BCUT2D eigenvalue weighted by Gasteiger charge is 2.40. The lowest BCUT2D eigenvalue weighted by Gasteiger charge is -2.37. The van der Waals surface area contributed by atoms with Gasteiger partial charge >= 0.3 is 0 Å². The van der Waals surface area contributed by atoms with Crippen molar-refractivity contribution in [3.63, 3.8) is 0 Å². The molecule has 2 aromatic rings. The molecule has 1 aromatic heterocycles. The van der Waals surface area contributed by atoms with E-state index in [1.165, 1.54) is 5.56 Å². The summed E-state index contributed by atoms with van der Waals surface area (Å²) in [7, 11) is 0. The van der Waals surface area contributed by atoms with E-state index in [-0.39, 0.29) is 5.91 Å². The second-order valence-corrected chi connectivity index (χ2v) is 7.28. The van der Waals surface area contributed by atoms with Gasteiger partial charge in [0.1, 0.15) is 0 Å². The van der Waals surface area contributed by atoms with Crippen molar-refractivity contribution in [2.24, 2.45) is 0 Å². The molecule has 0 atom stereocenters. The molecule has 2 aliphatic heterocycles. The van der Waals surface area contributed by atoms with Crippen LogP contribution in [0, 0.1) is 6.92 Å². The lowest BCUT2D eigenvalue weighted by molar-refractivity contribution is -0.181. The Morgan fingerprint density at radius 1 is 1.18 bits per heavy atom. The smallest absolute Gasteiger partial charge is 0.256 e. The minimum atomic E-state index is -0.481. The van der Waals surface area contributed by atoms with Crippen molar-refractivity contribution in [2.45, 2.75) is 38.9 Å². The van der Waals surface area contributed by atoms with Gasteiger partial charge in [0.2, 0.25) is 5.95 Å². The van der Waals surface area contributed by atoms with E-state index >= 15 is 0 Å². The van der Waals surface area contributed by atoms with Crippen LogP contribution in [-0.2, 0) is 15.9 Å². The predicted molar refractivity (Wildman–Crippen MR) is 106 cm³/mol. The van der Waals surface area contributed by atoms with Gasteiger partial charge in [0.25, 0.3) is 5.91 Å². The first-order chi connectivity index (χ1) is 13.6. The van der Waals surface area contributed by atoms with Crippen molar-refractivity contribution in [3.8, 4) is 0 Å². The van der Waals surface area contributed by atoms with E-state index in [2.05, 4.69) is 41.3 Å². The number of anilines is 2. The fourth-order valence-electron chi connectivity index (χ4n) is 3.84. The van der Waals surface area contributed by atoms with E-state index < -0.39 is 5.79 Å². The maximum atomic E-state index is 12.8. The quantitative estimate of drug-likeness (QED) is 0.876. The van der Waals surface area contributed by atoms with Gasteiger partial charge in [-0.15, -0.1) is 0 Å². The minimum absolute atomic E-state index is 0.0514. The largest absolute Gasteiger partial charge is 0.347 e. The molecule has 0 unspecified atom stereocenters. The molecule has 4 rings (SSSR count). The van der Waals surface area contributed by atoms with Crippen LogP contribution in [0.2, 0.25) is 0 Å². The van der Waals surface area contributed by atoms with Crippen molar-refractivity contribution in [1.82, 2.24) is 14.9 Å². The van der Waals surface area contributed by atoms with Crippen LogP contribution in [0.25, 0.3) is 0 Å². The highest BCUT2D eigenvalue weighted by Crippen LogP contribution is 2.31. The number of rotatable bonds is 4. The Morgan fingerprint density at radius 3 is 2.50 bits per heavy atom. The zero-order valence-corrected chi connectivity index (χ0v) is 16.4. The Bertz CT molecular complexity index is 837. The van der Waals surface area contributed by atoms with E-state index in [1.807, 2.05) is 11.0 Å². The standard InChI is InChI=1S/C21H26N4O3/c1-3-16-6-4-5-15(2)18(16)24-20-22-13-17(14-23-20)19(26)25-9-7-21(8-10-25)27-11-12-28-21/h4-6,13-14H,3,7-12H2,1-2H3,(H,22,23,24). The Labute approximate surface area is 165 Å². The van der Waals surface area contributed by atoms with Crippen LogP contribution in [0.3, 0.4) is 0 Å². The molecular formula is C21H26N4O3. The van der Waals surface area contributed by atoms with Crippen LogP contribution >= 0.6 is 0 Å². The summed E-state index contributed by atoms with van der Waals surface area (Å²) < 4.78 is 11.4. The number of aromatic nitrogens is 2. The van der Waals surface area contributed by atoms with Gasteiger partial charge in [-0.1, -0.05) is 25.1 Å². The van der Waals surface area contributed by atoms with E-state index in [4.69, 9.17) is 9.47 Å². The number of nitrogens with zero attached hydrogens (tertiary/aromatic N) is 3. The van der Waals surface area contributed by atoms with Gasteiger partial charge < -0.3 is 19.7 Å². The fourth-order valence-corrected chi connectivity index (χ4v) is 3.84. The molecule has 2 aliphatic rings. The number of ether oxygens (including phenoxy) is 2. The number of amides is 1.